The number of halogens is 1. The largest absolute Gasteiger partial charge is 0.398 e. The van der Waals surface area contributed by atoms with Gasteiger partial charge in [0, 0.05) is 11.3 Å². The molecule has 1 saturated carbocycles. The summed E-state index contributed by atoms with van der Waals surface area (Å²) in [5.41, 5.74) is 6.97. The fourth-order valence-electron chi connectivity index (χ4n) is 3.48. The Kier molecular flexibility index (Phi) is 3.61. The highest BCUT2D eigenvalue weighted by Crippen LogP contribution is 2.42. The van der Waals surface area contributed by atoms with Crippen LogP contribution >= 0.6 is 0 Å². The average molecular weight is 289 g/mol. The van der Waals surface area contributed by atoms with Gasteiger partial charge in [-0.15, -0.1) is 5.10 Å². The molecule has 3 unspecified atom stereocenters. The zero-order valence-electron chi connectivity index (χ0n) is 12.3. The van der Waals surface area contributed by atoms with Gasteiger partial charge >= 0.3 is 0 Å². The molecular formula is C15H20FN5. The molecule has 0 spiro atoms. The van der Waals surface area contributed by atoms with E-state index in [-0.39, 0.29) is 11.9 Å². The Labute approximate surface area is 123 Å². The van der Waals surface area contributed by atoms with E-state index < -0.39 is 0 Å². The van der Waals surface area contributed by atoms with Gasteiger partial charge in [0.15, 0.2) is 5.82 Å². The third kappa shape index (κ3) is 2.39. The second kappa shape index (κ2) is 5.42. The van der Waals surface area contributed by atoms with E-state index in [1.807, 2.05) is 4.68 Å². The summed E-state index contributed by atoms with van der Waals surface area (Å²) in [6, 6.07) is 4.62. The van der Waals surface area contributed by atoms with Gasteiger partial charge in [0.25, 0.3) is 0 Å². The molecule has 1 aromatic carbocycles. The van der Waals surface area contributed by atoms with Crippen LogP contribution in [0, 0.1) is 17.7 Å². The van der Waals surface area contributed by atoms with Crippen LogP contribution in [-0.4, -0.2) is 20.2 Å². The summed E-state index contributed by atoms with van der Waals surface area (Å²) in [6.45, 7) is 4.48. The highest BCUT2D eigenvalue weighted by molar-refractivity contribution is 5.71. The minimum absolute atomic E-state index is 0.282. The van der Waals surface area contributed by atoms with Gasteiger partial charge in [-0.2, -0.15) is 0 Å². The number of hydrogen-bond acceptors (Lipinski definition) is 4. The molecule has 21 heavy (non-hydrogen) atoms. The molecule has 1 aliphatic carbocycles. The molecule has 3 rings (SSSR count). The van der Waals surface area contributed by atoms with Gasteiger partial charge < -0.3 is 5.73 Å². The standard InChI is InChI=1S/C15H20FN5/c1-3-10-4-7-14(9(10)2)21-15(18-19-20-21)12-6-5-11(16)8-13(12)17/h5-6,8-10,14H,3-4,7,17H2,1-2H3. The number of hydrogen-bond donors (Lipinski definition) is 1. The third-order valence-electron chi connectivity index (χ3n) is 4.77. The first-order valence-electron chi connectivity index (χ1n) is 7.45. The summed E-state index contributed by atoms with van der Waals surface area (Å²) >= 11 is 0. The van der Waals surface area contributed by atoms with Crippen LogP contribution in [0.3, 0.4) is 0 Å². The Balaban J connectivity index is 1.98. The SMILES string of the molecule is CCC1CCC(n2nnnc2-c2ccc(F)cc2N)C1C. The van der Waals surface area contributed by atoms with Gasteiger partial charge in [0.05, 0.1) is 6.04 Å². The molecule has 0 aliphatic heterocycles. The number of nitrogen functional groups attached to an aromatic ring is 1. The topological polar surface area (TPSA) is 69.6 Å². The lowest BCUT2D eigenvalue weighted by Crippen LogP contribution is -2.18. The second-order valence-electron chi connectivity index (χ2n) is 5.85. The summed E-state index contributed by atoms with van der Waals surface area (Å²) in [7, 11) is 0. The van der Waals surface area contributed by atoms with E-state index in [9.17, 15) is 4.39 Å². The van der Waals surface area contributed by atoms with Crippen LogP contribution in [0.2, 0.25) is 0 Å². The molecule has 5 nitrogen and oxygen atoms in total. The van der Waals surface area contributed by atoms with Crippen molar-refractivity contribution >= 4 is 5.69 Å². The smallest absolute Gasteiger partial charge is 0.184 e. The van der Waals surface area contributed by atoms with Crippen LogP contribution in [0.4, 0.5) is 10.1 Å². The van der Waals surface area contributed by atoms with Crippen molar-refractivity contribution < 1.29 is 4.39 Å². The van der Waals surface area contributed by atoms with Crippen molar-refractivity contribution in [3.63, 3.8) is 0 Å². The van der Waals surface area contributed by atoms with Crippen molar-refractivity contribution in [1.29, 1.82) is 0 Å². The van der Waals surface area contributed by atoms with Crippen LogP contribution in [0.15, 0.2) is 18.2 Å². The monoisotopic (exact) mass is 289 g/mol. The maximum Gasteiger partial charge on any atom is 0.184 e. The molecule has 3 atom stereocenters. The van der Waals surface area contributed by atoms with Crippen molar-refractivity contribution in [2.75, 3.05) is 5.73 Å². The van der Waals surface area contributed by atoms with Crippen LogP contribution in [0.25, 0.3) is 11.4 Å². The zero-order chi connectivity index (χ0) is 15.0. The van der Waals surface area contributed by atoms with Crippen LogP contribution in [0.5, 0.6) is 0 Å². The molecule has 0 bridgehead atoms. The molecule has 112 valence electrons. The summed E-state index contributed by atoms with van der Waals surface area (Å²) < 4.78 is 15.1. The fourth-order valence-corrected chi connectivity index (χ4v) is 3.48. The highest BCUT2D eigenvalue weighted by atomic mass is 19.1. The predicted octanol–water partition coefficient (Wildman–Crippen LogP) is 3.06. The molecule has 1 aliphatic rings. The summed E-state index contributed by atoms with van der Waals surface area (Å²) in [6.07, 6.45) is 3.44. The lowest BCUT2D eigenvalue weighted by atomic mass is 9.93. The molecule has 0 amide bonds. The van der Waals surface area contributed by atoms with E-state index in [1.54, 1.807) is 6.07 Å². The van der Waals surface area contributed by atoms with Crippen molar-refractivity contribution in [2.45, 2.75) is 39.2 Å². The molecule has 0 saturated heterocycles. The Morgan fingerprint density at radius 1 is 1.38 bits per heavy atom. The Morgan fingerprint density at radius 2 is 2.19 bits per heavy atom. The molecule has 6 heteroatoms. The number of nitrogens with zero attached hydrogens (tertiary/aromatic N) is 4. The number of nitrogens with two attached hydrogens (primary N) is 1. The number of tetrazole rings is 1. The average Bonchev–Trinajstić information content (AvgIpc) is 3.05. The van der Waals surface area contributed by atoms with E-state index >= 15 is 0 Å². The molecular weight excluding hydrogens is 269 g/mol. The van der Waals surface area contributed by atoms with E-state index in [0.29, 0.717) is 28.9 Å². The van der Waals surface area contributed by atoms with Crippen molar-refractivity contribution in [2.24, 2.45) is 11.8 Å². The minimum Gasteiger partial charge on any atom is -0.398 e. The maximum absolute atomic E-state index is 13.2. The quantitative estimate of drug-likeness (QED) is 0.882. The first-order chi connectivity index (χ1) is 10.1. The van der Waals surface area contributed by atoms with Crippen LogP contribution < -0.4 is 5.73 Å². The van der Waals surface area contributed by atoms with Crippen LogP contribution in [0.1, 0.15) is 39.2 Å². The van der Waals surface area contributed by atoms with E-state index in [2.05, 4.69) is 29.4 Å². The second-order valence-corrected chi connectivity index (χ2v) is 5.85. The number of aromatic nitrogens is 4. The van der Waals surface area contributed by atoms with E-state index in [4.69, 9.17) is 5.73 Å². The zero-order valence-corrected chi connectivity index (χ0v) is 12.3. The predicted molar refractivity (Wildman–Crippen MR) is 78.8 cm³/mol. The van der Waals surface area contributed by atoms with Crippen molar-refractivity contribution in [1.82, 2.24) is 20.2 Å². The number of benzene rings is 1. The lowest BCUT2D eigenvalue weighted by Gasteiger charge is -2.20. The van der Waals surface area contributed by atoms with Gasteiger partial charge in [0.1, 0.15) is 5.82 Å². The van der Waals surface area contributed by atoms with Gasteiger partial charge in [-0.3, -0.25) is 0 Å². The summed E-state index contributed by atoms with van der Waals surface area (Å²) in [5, 5.41) is 12.1. The normalized spacial score (nSPS) is 25.4. The Morgan fingerprint density at radius 3 is 2.86 bits per heavy atom. The van der Waals surface area contributed by atoms with Gasteiger partial charge in [-0.25, -0.2) is 9.07 Å². The first-order valence-corrected chi connectivity index (χ1v) is 7.45. The van der Waals surface area contributed by atoms with Gasteiger partial charge in [-0.05, 0) is 53.3 Å². The summed E-state index contributed by atoms with van der Waals surface area (Å²) in [4.78, 5) is 0. The lowest BCUT2D eigenvalue weighted by molar-refractivity contribution is 0.310. The van der Waals surface area contributed by atoms with Gasteiger partial charge in [0.2, 0.25) is 0 Å². The molecule has 2 aromatic rings. The molecule has 1 fully saturated rings. The van der Waals surface area contributed by atoms with E-state index in [0.717, 1.165) is 6.42 Å². The molecule has 1 heterocycles. The number of anilines is 1. The van der Waals surface area contributed by atoms with Crippen LogP contribution in [-0.2, 0) is 0 Å². The summed E-state index contributed by atoms with van der Waals surface area (Å²) in [5.74, 6) is 1.51. The highest BCUT2D eigenvalue weighted by Gasteiger charge is 2.35. The Bertz CT molecular complexity index is 639. The molecule has 0 radical (unpaired) electrons. The third-order valence-corrected chi connectivity index (χ3v) is 4.77. The molecule has 1 aromatic heterocycles. The first kappa shape index (κ1) is 14.0. The fraction of sp³-hybridized carbons (Fsp3) is 0.533. The number of rotatable bonds is 3. The van der Waals surface area contributed by atoms with Crippen molar-refractivity contribution in [3.05, 3.63) is 24.0 Å². The minimum atomic E-state index is -0.351. The Hall–Kier alpha value is -1.98. The van der Waals surface area contributed by atoms with E-state index in [1.165, 1.54) is 25.0 Å². The molecule has 2 N–H and O–H groups in total. The van der Waals surface area contributed by atoms with Crippen molar-refractivity contribution in [3.8, 4) is 11.4 Å². The maximum atomic E-state index is 13.2. The van der Waals surface area contributed by atoms with Gasteiger partial charge in [-0.1, -0.05) is 20.3 Å².